The molecule has 1 saturated heterocycles. The van der Waals surface area contributed by atoms with Crippen molar-refractivity contribution in [2.24, 2.45) is 5.92 Å². The smallest absolute Gasteiger partial charge is 0.0897 e. The lowest BCUT2D eigenvalue weighted by Crippen LogP contribution is -2.38. The van der Waals surface area contributed by atoms with E-state index in [1.807, 2.05) is 0 Å². The average molecular weight is 258 g/mol. The molecule has 0 saturated carbocycles. The minimum Gasteiger partial charge on any atom is -0.389 e. The van der Waals surface area contributed by atoms with E-state index in [9.17, 15) is 5.11 Å². The number of ether oxygens (including phenoxy) is 1. The van der Waals surface area contributed by atoms with Gasteiger partial charge in [0, 0.05) is 25.7 Å². The van der Waals surface area contributed by atoms with Crippen LogP contribution in [0.1, 0.15) is 33.1 Å². The Morgan fingerprint density at radius 3 is 2.83 bits per heavy atom. The number of hydrogen-bond acceptors (Lipinski definition) is 4. The molecule has 1 fully saturated rings. The van der Waals surface area contributed by atoms with Crippen LogP contribution in [-0.4, -0.2) is 62.0 Å². The topological polar surface area (TPSA) is 44.7 Å². The normalized spacial score (nSPS) is 22.8. The largest absolute Gasteiger partial charge is 0.389 e. The van der Waals surface area contributed by atoms with E-state index >= 15 is 0 Å². The first-order valence-electron chi connectivity index (χ1n) is 7.25. The standard InChI is InChI=1S/C14H30N2O2/c1-12(2)5-4-8-18-11-14(17)9-15-13-6-7-16(3)10-13/h12-15,17H,4-11H2,1-3H3. The lowest BCUT2D eigenvalue weighted by Gasteiger charge is -2.16. The lowest BCUT2D eigenvalue weighted by molar-refractivity contribution is 0.0336. The zero-order valence-electron chi connectivity index (χ0n) is 12.2. The van der Waals surface area contributed by atoms with E-state index in [0.717, 1.165) is 32.0 Å². The number of nitrogens with zero attached hydrogens (tertiary/aromatic N) is 1. The van der Waals surface area contributed by atoms with Gasteiger partial charge in [0.25, 0.3) is 0 Å². The number of nitrogens with one attached hydrogen (secondary N) is 1. The molecule has 2 atom stereocenters. The highest BCUT2D eigenvalue weighted by molar-refractivity contribution is 4.79. The third kappa shape index (κ3) is 7.31. The van der Waals surface area contributed by atoms with Crippen LogP contribution in [0.3, 0.4) is 0 Å². The van der Waals surface area contributed by atoms with Gasteiger partial charge >= 0.3 is 0 Å². The van der Waals surface area contributed by atoms with Crippen molar-refractivity contribution in [3.05, 3.63) is 0 Å². The predicted molar refractivity (Wildman–Crippen MR) is 74.8 cm³/mol. The van der Waals surface area contributed by atoms with Gasteiger partial charge in [-0.2, -0.15) is 0 Å². The van der Waals surface area contributed by atoms with Gasteiger partial charge in [-0.05, 0) is 38.8 Å². The fourth-order valence-corrected chi connectivity index (χ4v) is 2.28. The second-order valence-corrected chi connectivity index (χ2v) is 5.92. The van der Waals surface area contributed by atoms with Gasteiger partial charge in [0.2, 0.25) is 0 Å². The molecule has 4 nitrogen and oxygen atoms in total. The van der Waals surface area contributed by atoms with Crippen molar-refractivity contribution >= 4 is 0 Å². The van der Waals surface area contributed by atoms with Crippen LogP contribution in [-0.2, 0) is 4.74 Å². The monoisotopic (exact) mass is 258 g/mol. The van der Waals surface area contributed by atoms with Crippen molar-refractivity contribution < 1.29 is 9.84 Å². The van der Waals surface area contributed by atoms with Crippen LogP contribution >= 0.6 is 0 Å². The molecular weight excluding hydrogens is 228 g/mol. The highest BCUT2D eigenvalue weighted by Crippen LogP contribution is 2.06. The van der Waals surface area contributed by atoms with Gasteiger partial charge in [0.05, 0.1) is 12.7 Å². The quantitative estimate of drug-likeness (QED) is 0.608. The summed E-state index contributed by atoms with van der Waals surface area (Å²) in [5, 5.41) is 13.2. The minimum absolute atomic E-state index is 0.380. The molecule has 2 N–H and O–H groups in total. The van der Waals surface area contributed by atoms with Crippen molar-refractivity contribution in [1.29, 1.82) is 0 Å². The Morgan fingerprint density at radius 2 is 2.22 bits per heavy atom. The first kappa shape index (κ1) is 15.9. The summed E-state index contributed by atoms with van der Waals surface area (Å²) in [6, 6.07) is 0.533. The second kappa shape index (κ2) is 8.86. The number of rotatable bonds is 9. The molecule has 0 aromatic rings. The summed E-state index contributed by atoms with van der Waals surface area (Å²) in [5.41, 5.74) is 0. The third-order valence-corrected chi connectivity index (χ3v) is 3.41. The van der Waals surface area contributed by atoms with Crippen molar-refractivity contribution in [3.8, 4) is 0 Å². The van der Waals surface area contributed by atoms with E-state index in [2.05, 4.69) is 31.1 Å². The van der Waals surface area contributed by atoms with Crippen molar-refractivity contribution in [2.75, 3.05) is 39.9 Å². The Bertz CT molecular complexity index is 212. The van der Waals surface area contributed by atoms with Crippen LogP contribution in [0.25, 0.3) is 0 Å². The highest BCUT2D eigenvalue weighted by atomic mass is 16.5. The van der Waals surface area contributed by atoms with Gasteiger partial charge in [-0.1, -0.05) is 13.8 Å². The summed E-state index contributed by atoms with van der Waals surface area (Å²) in [6.07, 6.45) is 3.09. The van der Waals surface area contributed by atoms with E-state index in [-0.39, 0.29) is 6.10 Å². The van der Waals surface area contributed by atoms with Gasteiger partial charge in [-0.3, -0.25) is 0 Å². The maximum atomic E-state index is 9.78. The average Bonchev–Trinajstić information content (AvgIpc) is 2.71. The van der Waals surface area contributed by atoms with E-state index in [0.29, 0.717) is 19.2 Å². The third-order valence-electron chi connectivity index (χ3n) is 3.41. The van der Waals surface area contributed by atoms with E-state index in [1.54, 1.807) is 0 Å². The van der Waals surface area contributed by atoms with Gasteiger partial charge in [-0.15, -0.1) is 0 Å². The molecule has 0 bridgehead atoms. The van der Waals surface area contributed by atoms with Crippen LogP contribution < -0.4 is 5.32 Å². The first-order valence-corrected chi connectivity index (χ1v) is 7.25. The maximum Gasteiger partial charge on any atom is 0.0897 e. The molecule has 1 rings (SSSR count). The van der Waals surface area contributed by atoms with Gasteiger partial charge in [0.15, 0.2) is 0 Å². The lowest BCUT2D eigenvalue weighted by atomic mass is 10.1. The molecule has 0 aromatic heterocycles. The van der Waals surface area contributed by atoms with Crippen LogP contribution in [0.15, 0.2) is 0 Å². The molecule has 0 aliphatic carbocycles. The molecule has 0 amide bonds. The van der Waals surface area contributed by atoms with Crippen LogP contribution in [0.4, 0.5) is 0 Å². The zero-order valence-corrected chi connectivity index (χ0v) is 12.2. The molecule has 0 aromatic carbocycles. The van der Waals surface area contributed by atoms with E-state index in [1.165, 1.54) is 12.8 Å². The van der Waals surface area contributed by atoms with Gasteiger partial charge < -0.3 is 20.1 Å². The molecule has 4 heteroatoms. The number of hydrogen-bond donors (Lipinski definition) is 2. The summed E-state index contributed by atoms with van der Waals surface area (Å²) in [6.45, 7) is 8.54. The highest BCUT2D eigenvalue weighted by Gasteiger charge is 2.19. The van der Waals surface area contributed by atoms with E-state index in [4.69, 9.17) is 4.74 Å². The zero-order chi connectivity index (χ0) is 13.4. The van der Waals surface area contributed by atoms with Crippen molar-refractivity contribution in [2.45, 2.75) is 45.3 Å². The summed E-state index contributed by atoms with van der Waals surface area (Å²) in [5.74, 6) is 0.736. The van der Waals surface area contributed by atoms with Gasteiger partial charge in [-0.25, -0.2) is 0 Å². The summed E-state index contributed by atoms with van der Waals surface area (Å²) >= 11 is 0. The van der Waals surface area contributed by atoms with Crippen LogP contribution in [0, 0.1) is 5.92 Å². The number of aliphatic hydroxyl groups is 1. The van der Waals surface area contributed by atoms with E-state index < -0.39 is 0 Å². The van der Waals surface area contributed by atoms with Crippen LogP contribution in [0.2, 0.25) is 0 Å². The second-order valence-electron chi connectivity index (χ2n) is 5.92. The Labute approximate surface area is 112 Å². The van der Waals surface area contributed by atoms with Crippen molar-refractivity contribution in [1.82, 2.24) is 10.2 Å². The maximum absolute atomic E-state index is 9.78. The summed E-state index contributed by atoms with van der Waals surface area (Å²) in [4.78, 5) is 2.31. The van der Waals surface area contributed by atoms with Gasteiger partial charge in [0.1, 0.15) is 0 Å². The predicted octanol–water partition coefficient (Wildman–Crippen LogP) is 1.09. The molecule has 1 aliphatic heterocycles. The number of likely N-dealkylation sites (tertiary alicyclic amines) is 1. The summed E-state index contributed by atoms with van der Waals surface area (Å²) in [7, 11) is 2.13. The Kier molecular flexibility index (Phi) is 7.82. The number of aliphatic hydroxyl groups excluding tert-OH is 1. The van der Waals surface area contributed by atoms with Crippen molar-refractivity contribution in [3.63, 3.8) is 0 Å². The molecule has 18 heavy (non-hydrogen) atoms. The summed E-state index contributed by atoms with van der Waals surface area (Å²) < 4.78 is 5.48. The molecule has 0 spiro atoms. The fourth-order valence-electron chi connectivity index (χ4n) is 2.28. The first-order chi connectivity index (χ1) is 8.58. The molecule has 1 heterocycles. The fraction of sp³-hybridized carbons (Fsp3) is 1.00. The Balaban J connectivity index is 1.92. The molecule has 108 valence electrons. The molecule has 0 radical (unpaired) electrons. The minimum atomic E-state index is -0.380. The molecule has 2 unspecified atom stereocenters. The number of likely N-dealkylation sites (N-methyl/N-ethyl adjacent to an activating group) is 1. The Morgan fingerprint density at radius 1 is 1.44 bits per heavy atom. The van der Waals surface area contributed by atoms with Crippen LogP contribution in [0.5, 0.6) is 0 Å². The SMILES string of the molecule is CC(C)CCCOCC(O)CNC1CCN(C)C1. The molecular formula is C14H30N2O2. The Hall–Kier alpha value is -0.160. The molecule has 1 aliphatic rings.